The lowest BCUT2D eigenvalue weighted by atomic mass is 9.74. The van der Waals surface area contributed by atoms with Crippen molar-refractivity contribution in [2.24, 2.45) is 28.7 Å². The van der Waals surface area contributed by atoms with Crippen molar-refractivity contribution in [2.75, 3.05) is 13.6 Å². The van der Waals surface area contributed by atoms with E-state index in [-0.39, 0.29) is 35.6 Å². The molecule has 1 saturated carbocycles. The molecule has 1 aliphatic rings. The fourth-order valence-corrected chi connectivity index (χ4v) is 5.79. The number of carbonyl (C=O) groups excluding carboxylic acids is 1. The van der Waals surface area contributed by atoms with E-state index in [9.17, 15) is 27.9 Å². The number of alkyl halides is 3. The average Bonchev–Trinajstić information content (AvgIpc) is 2.88. The van der Waals surface area contributed by atoms with Crippen LogP contribution in [0.3, 0.4) is 0 Å². The van der Waals surface area contributed by atoms with Crippen LogP contribution in [-0.4, -0.2) is 59.2 Å². The van der Waals surface area contributed by atoms with Gasteiger partial charge in [0, 0.05) is 30.9 Å². The number of allylic oxidation sites excluding steroid dienone is 5. The van der Waals surface area contributed by atoms with E-state index < -0.39 is 41.2 Å². The van der Waals surface area contributed by atoms with Gasteiger partial charge in [-0.15, -0.1) is 0 Å². The largest absolute Gasteiger partial charge is 0.481 e. The van der Waals surface area contributed by atoms with Crippen molar-refractivity contribution in [3.8, 4) is 0 Å². The van der Waals surface area contributed by atoms with E-state index in [1.165, 1.54) is 13.1 Å². The summed E-state index contributed by atoms with van der Waals surface area (Å²) in [6, 6.07) is -0.304. The van der Waals surface area contributed by atoms with Crippen molar-refractivity contribution in [1.82, 2.24) is 4.90 Å². The van der Waals surface area contributed by atoms with Crippen molar-refractivity contribution in [2.45, 2.75) is 119 Å². The quantitative estimate of drug-likeness (QED) is 0.126. The first kappa shape index (κ1) is 39.2. The van der Waals surface area contributed by atoms with E-state index in [1.54, 1.807) is 46.4 Å². The van der Waals surface area contributed by atoms with E-state index in [0.717, 1.165) is 0 Å². The molecule has 0 radical (unpaired) electrons. The number of hydrogen-bond acceptors (Lipinski definition) is 4. The minimum atomic E-state index is -4.68. The smallest absolute Gasteiger partial charge is 0.416 e. The van der Waals surface area contributed by atoms with Crippen LogP contribution < -0.4 is 0 Å². The first-order valence-electron chi connectivity index (χ1n) is 15.6. The number of aliphatic carboxylic acids is 1. The maximum Gasteiger partial charge on any atom is 0.416 e. The maximum absolute atomic E-state index is 14.9. The van der Waals surface area contributed by atoms with Crippen molar-refractivity contribution in [3.05, 3.63) is 47.1 Å². The van der Waals surface area contributed by atoms with Crippen LogP contribution in [0.15, 0.2) is 52.1 Å². The van der Waals surface area contributed by atoms with Crippen molar-refractivity contribution < 1.29 is 32.6 Å². The zero-order valence-electron chi connectivity index (χ0n) is 28.5. The second-order valence-corrected chi connectivity index (χ2v) is 13.8. The normalized spacial score (nSPS) is 20.5. The number of amides is 1. The lowest BCUT2D eigenvalue weighted by Crippen LogP contribution is -2.44. The van der Waals surface area contributed by atoms with Crippen molar-refractivity contribution >= 4 is 17.8 Å². The van der Waals surface area contributed by atoms with Gasteiger partial charge in [-0.1, -0.05) is 57.6 Å². The summed E-state index contributed by atoms with van der Waals surface area (Å²) < 4.78 is 50.2. The van der Waals surface area contributed by atoms with E-state index in [2.05, 4.69) is 18.2 Å². The number of ether oxygens (including phenoxy) is 1. The maximum atomic E-state index is 14.9. The third-order valence-electron chi connectivity index (χ3n) is 8.06. The Kier molecular flexibility index (Phi) is 14.7. The summed E-state index contributed by atoms with van der Waals surface area (Å²) in [5.41, 5.74) is 0.246. The highest BCUT2D eigenvalue weighted by molar-refractivity contribution is 6.03. The molecular formula is C35H55F3N2O4. The number of nitrogens with zero attached hydrogens (tertiary/aromatic N) is 2. The Morgan fingerprint density at radius 3 is 2.14 bits per heavy atom. The highest BCUT2D eigenvalue weighted by Crippen LogP contribution is 2.41. The summed E-state index contributed by atoms with van der Waals surface area (Å²) in [5, 5.41) is 9.51. The number of aliphatic imine (C=N–C) groups is 1. The van der Waals surface area contributed by atoms with Crippen LogP contribution in [0.1, 0.15) is 101 Å². The molecule has 0 spiro atoms. The summed E-state index contributed by atoms with van der Waals surface area (Å²) in [5.74, 6) is -1.93. The van der Waals surface area contributed by atoms with Crippen LogP contribution in [0, 0.1) is 23.7 Å². The second-order valence-electron chi connectivity index (χ2n) is 13.8. The molecule has 0 aromatic heterocycles. The molecule has 1 aliphatic carbocycles. The van der Waals surface area contributed by atoms with E-state index in [1.807, 2.05) is 20.8 Å². The summed E-state index contributed by atoms with van der Waals surface area (Å²) >= 11 is 0. The number of halogens is 3. The molecule has 4 atom stereocenters. The topological polar surface area (TPSA) is 79.2 Å². The molecule has 0 saturated heterocycles. The Bertz CT molecular complexity index is 1140. The molecule has 0 aliphatic heterocycles. The van der Waals surface area contributed by atoms with Crippen LogP contribution >= 0.6 is 0 Å². The van der Waals surface area contributed by atoms with Gasteiger partial charge >= 0.3 is 18.2 Å². The van der Waals surface area contributed by atoms with Gasteiger partial charge in [0.2, 0.25) is 0 Å². The molecule has 1 rings (SSSR count). The number of carboxylic acids is 1. The summed E-state index contributed by atoms with van der Waals surface area (Å²) in [6.45, 7) is 25.0. The molecule has 1 fully saturated rings. The lowest BCUT2D eigenvalue weighted by Gasteiger charge is -2.33. The number of hydrogen-bond donors (Lipinski definition) is 1. The van der Waals surface area contributed by atoms with E-state index >= 15 is 0 Å². The molecule has 0 aromatic carbocycles. The molecule has 0 bridgehead atoms. The standard InChI is InChI=1S/C35H55F3N2O4/c1-21(2)20-40(33(43)44-34(9,10)11)25(7)16-23(5)17-29(22(3)4)31(26(8)39-12)30(35(36,37)38)18-24(6)27-14-13-15-28(19-27)32(41)42/h18,21,24-25,27-28H,3,5,13-17,19-20H2,1-2,4,6-12H3,(H,41,42)/b30-18+,31-29+,39-26-/t24?,25-,27?,28?/m1/s1. The Balaban J connectivity index is 3.55. The van der Waals surface area contributed by atoms with Crippen LogP contribution in [0.4, 0.5) is 18.0 Å². The van der Waals surface area contributed by atoms with Gasteiger partial charge in [0.25, 0.3) is 0 Å². The Morgan fingerprint density at radius 1 is 1.09 bits per heavy atom. The number of carboxylic acid groups (broad SMARTS) is 1. The molecule has 1 N–H and O–H groups in total. The SMILES string of the molecule is C=C(C/C(C(=C)C)=C(C(/C)=N\C)\C(=C/C(C)C1CCCC(C(=O)O)C1)C(F)(F)F)C[C@@H](C)N(CC(C)C)C(=O)OC(C)(C)C. The highest BCUT2D eigenvalue weighted by atomic mass is 19.4. The third kappa shape index (κ3) is 12.3. The molecule has 6 nitrogen and oxygen atoms in total. The first-order chi connectivity index (χ1) is 20.1. The van der Waals surface area contributed by atoms with Gasteiger partial charge in [0.15, 0.2) is 0 Å². The molecule has 0 heterocycles. The Hall–Kier alpha value is -2.84. The zero-order valence-corrected chi connectivity index (χ0v) is 28.5. The van der Waals surface area contributed by atoms with Gasteiger partial charge in [-0.2, -0.15) is 13.2 Å². The van der Waals surface area contributed by atoms with Gasteiger partial charge < -0.3 is 14.7 Å². The molecule has 44 heavy (non-hydrogen) atoms. The monoisotopic (exact) mass is 624 g/mol. The molecule has 3 unspecified atom stereocenters. The van der Waals surface area contributed by atoms with E-state index in [0.29, 0.717) is 55.4 Å². The van der Waals surface area contributed by atoms with Crippen LogP contribution in [0.25, 0.3) is 0 Å². The molecule has 1 amide bonds. The fraction of sp³-hybridized carbons (Fsp3) is 0.686. The van der Waals surface area contributed by atoms with Gasteiger partial charge in [0.1, 0.15) is 5.60 Å². The fourth-order valence-electron chi connectivity index (χ4n) is 5.79. The van der Waals surface area contributed by atoms with Crippen LogP contribution in [-0.2, 0) is 9.53 Å². The molecule has 0 aromatic rings. The van der Waals surface area contributed by atoms with Crippen molar-refractivity contribution in [1.29, 1.82) is 0 Å². The predicted octanol–water partition coefficient (Wildman–Crippen LogP) is 9.58. The highest BCUT2D eigenvalue weighted by Gasteiger charge is 2.40. The molecule has 9 heteroatoms. The van der Waals surface area contributed by atoms with Crippen molar-refractivity contribution in [3.63, 3.8) is 0 Å². The average molecular weight is 625 g/mol. The number of carbonyl (C=O) groups is 2. The Labute approximate surface area is 263 Å². The van der Waals surface area contributed by atoms with Gasteiger partial charge in [-0.25, -0.2) is 4.79 Å². The van der Waals surface area contributed by atoms with Crippen LogP contribution in [0.2, 0.25) is 0 Å². The Morgan fingerprint density at radius 2 is 1.68 bits per heavy atom. The first-order valence-corrected chi connectivity index (χ1v) is 15.6. The second kappa shape index (κ2) is 16.5. The summed E-state index contributed by atoms with van der Waals surface area (Å²) in [4.78, 5) is 30.5. The van der Waals surface area contributed by atoms with Gasteiger partial charge in [-0.05, 0) is 97.0 Å². The minimum absolute atomic E-state index is 0.0232. The van der Waals surface area contributed by atoms with Crippen LogP contribution in [0.5, 0.6) is 0 Å². The molecular weight excluding hydrogens is 569 g/mol. The minimum Gasteiger partial charge on any atom is -0.481 e. The predicted molar refractivity (Wildman–Crippen MR) is 173 cm³/mol. The van der Waals surface area contributed by atoms with Gasteiger partial charge in [0.05, 0.1) is 11.5 Å². The zero-order chi connectivity index (χ0) is 34.2. The third-order valence-corrected chi connectivity index (χ3v) is 8.06. The number of rotatable bonds is 13. The summed E-state index contributed by atoms with van der Waals surface area (Å²) in [7, 11) is 1.46. The summed E-state index contributed by atoms with van der Waals surface area (Å²) in [6.07, 6.45) is -1.15. The molecule has 250 valence electrons. The van der Waals surface area contributed by atoms with Gasteiger partial charge in [-0.3, -0.25) is 9.79 Å². The van der Waals surface area contributed by atoms with E-state index in [4.69, 9.17) is 4.74 Å². The lowest BCUT2D eigenvalue weighted by molar-refractivity contribution is -0.143.